The van der Waals surface area contributed by atoms with Gasteiger partial charge in [-0.2, -0.15) is 5.10 Å². The Morgan fingerprint density at radius 3 is 2.70 bits per heavy atom. The van der Waals surface area contributed by atoms with Gasteiger partial charge in [-0.1, -0.05) is 50.9 Å². The van der Waals surface area contributed by atoms with Crippen molar-refractivity contribution >= 4 is 29.0 Å². The first-order valence-electron chi connectivity index (χ1n) is 11.0. The Morgan fingerprint density at radius 1 is 1.27 bits per heavy atom. The maximum atomic E-state index is 13.5. The van der Waals surface area contributed by atoms with E-state index in [1.54, 1.807) is 24.3 Å². The van der Waals surface area contributed by atoms with Crippen molar-refractivity contribution < 1.29 is 4.79 Å². The van der Waals surface area contributed by atoms with Crippen LogP contribution >= 0.6 is 11.6 Å². The molecular formula is C23H29ClN6O3. The normalized spacial score (nSPS) is 11.2. The lowest BCUT2D eigenvalue weighted by Gasteiger charge is -2.24. The molecule has 33 heavy (non-hydrogen) atoms. The van der Waals surface area contributed by atoms with Crippen LogP contribution in [0, 0.1) is 5.92 Å². The van der Waals surface area contributed by atoms with Crippen LogP contribution in [0.2, 0.25) is 5.02 Å². The summed E-state index contributed by atoms with van der Waals surface area (Å²) in [5.41, 5.74) is 6.44. The lowest BCUT2D eigenvalue weighted by atomic mass is 10.1. The summed E-state index contributed by atoms with van der Waals surface area (Å²) in [6.45, 7) is 6.63. The molecule has 0 aliphatic heterocycles. The van der Waals surface area contributed by atoms with E-state index in [9.17, 15) is 14.4 Å². The van der Waals surface area contributed by atoms with Gasteiger partial charge in [0.25, 0.3) is 11.5 Å². The number of nitrogens with one attached hydrogen (secondary N) is 2. The molecule has 1 amide bonds. The topological polar surface area (TPSA) is 130 Å². The number of halogens is 1. The van der Waals surface area contributed by atoms with E-state index >= 15 is 0 Å². The number of nitrogen functional groups attached to an aromatic ring is 1. The minimum absolute atomic E-state index is 0.0242. The quantitative estimate of drug-likeness (QED) is 0.437. The fourth-order valence-electron chi connectivity index (χ4n) is 3.45. The van der Waals surface area contributed by atoms with Crippen molar-refractivity contribution in [2.24, 2.45) is 5.92 Å². The molecule has 9 nitrogen and oxygen atoms in total. The summed E-state index contributed by atoms with van der Waals surface area (Å²) in [5, 5.41) is 7.54. The summed E-state index contributed by atoms with van der Waals surface area (Å²) in [7, 11) is 0. The molecule has 2 aromatic heterocycles. The number of aromatic amines is 2. The fraction of sp³-hybridized carbons (Fsp3) is 0.391. The molecule has 0 aliphatic carbocycles. The van der Waals surface area contributed by atoms with Gasteiger partial charge in [0.1, 0.15) is 11.5 Å². The van der Waals surface area contributed by atoms with E-state index in [2.05, 4.69) is 15.2 Å². The van der Waals surface area contributed by atoms with Gasteiger partial charge < -0.3 is 5.73 Å². The highest BCUT2D eigenvalue weighted by molar-refractivity contribution is 6.30. The summed E-state index contributed by atoms with van der Waals surface area (Å²) in [4.78, 5) is 42.3. The second-order valence-electron chi connectivity index (χ2n) is 8.31. The predicted molar refractivity (Wildman–Crippen MR) is 131 cm³/mol. The van der Waals surface area contributed by atoms with Crippen LogP contribution in [0.1, 0.15) is 50.5 Å². The zero-order chi connectivity index (χ0) is 24.1. The molecule has 10 heteroatoms. The largest absolute Gasteiger partial charge is 0.383 e. The number of anilines is 2. The van der Waals surface area contributed by atoms with Crippen molar-refractivity contribution in [1.82, 2.24) is 19.7 Å². The van der Waals surface area contributed by atoms with Gasteiger partial charge in [-0.25, -0.2) is 4.79 Å². The Labute approximate surface area is 196 Å². The maximum absolute atomic E-state index is 13.5. The third-order valence-corrected chi connectivity index (χ3v) is 5.56. The van der Waals surface area contributed by atoms with Crippen LogP contribution in [0.15, 0.2) is 39.9 Å². The smallest absolute Gasteiger partial charge is 0.330 e. The number of unbranched alkanes of at least 4 members (excludes halogenated alkanes) is 1. The minimum atomic E-state index is -0.697. The van der Waals surface area contributed by atoms with E-state index in [-0.39, 0.29) is 29.7 Å². The van der Waals surface area contributed by atoms with Crippen molar-refractivity contribution in [2.75, 3.05) is 17.2 Å². The highest BCUT2D eigenvalue weighted by Gasteiger charge is 2.26. The van der Waals surface area contributed by atoms with Gasteiger partial charge in [0.05, 0.1) is 5.69 Å². The Hall–Kier alpha value is -3.33. The summed E-state index contributed by atoms with van der Waals surface area (Å²) in [6.07, 6.45) is 2.18. The fourth-order valence-corrected chi connectivity index (χ4v) is 3.64. The average molecular weight is 473 g/mol. The number of nitrogens with zero attached hydrogens (tertiary/aromatic N) is 3. The Bertz CT molecular complexity index is 1240. The first kappa shape index (κ1) is 24.3. The molecule has 2 heterocycles. The average Bonchev–Trinajstić information content (AvgIpc) is 3.25. The summed E-state index contributed by atoms with van der Waals surface area (Å²) in [6, 6.07) is 8.73. The molecule has 0 unspecified atom stereocenters. The zero-order valence-electron chi connectivity index (χ0n) is 19.0. The lowest BCUT2D eigenvalue weighted by Crippen LogP contribution is -2.42. The Kier molecular flexibility index (Phi) is 7.75. The van der Waals surface area contributed by atoms with E-state index < -0.39 is 17.2 Å². The number of aromatic nitrogens is 4. The van der Waals surface area contributed by atoms with Crippen molar-refractivity contribution in [1.29, 1.82) is 0 Å². The van der Waals surface area contributed by atoms with Crippen LogP contribution in [0.4, 0.5) is 11.5 Å². The lowest BCUT2D eigenvalue weighted by molar-refractivity contribution is 0.0980. The van der Waals surface area contributed by atoms with E-state index in [0.29, 0.717) is 30.1 Å². The molecule has 0 aliphatic rings. The van der Waals surface area contributed by atoms with Crippen molar-refractivity contribution in [3.63, 3.8) is 0 Å². The number of nitrogens with two attached hydrogens (primary N) is 1. The number of hydrogen-bond acceptors (Lipinski definition) is 5. The van der Waals surface area contributed by atoms with Crippen LogP contribution in [0.3, 0.4) is 0 Å². The third kappa shape index (κ3) is 5.54. The molecule has 0 bridgehead atoms. The zero-order valence-corrected chi connectivity index (χ0v) is 19.8. The Morgan fingerprint density at radius 2 is 2.03 bits per heavy atom. The number of H-pyrrole nitrogens is 2. The molecule has 0 saturated heterocycles. The molecule has 1 aromatic carbocycles. The molecule has 0 radical (unpaired) electrons. The number of amides is 1. The summed E-state index contributed by atoms with van der Waals surface area (Å²) < 4.78 is 1.31. The first-order chi connectivity index (χ1) is 15.7. The van der Waals surface area contributed by atoms with Gasteiger partial charge in [-0.3, -0.25) is 29.1 Å². The third-order valence-electron chi connectivity index (χ3n) is 5.32. The second-order valence-corrected chi connectivity index (χ2v) is 8.75. The molecule has 0 saturated carbocycles. The number of carbonyl (C=O) groups is 1. The number of hydrogen-bond donors (Lipinski definition) is 3. The van der Waals surface area contributed by atoms with Crippen LogP contribution in [-0.2, 0) is 6.54 Å². The van der Waals surface area contributed by atoms with Gasteiger partial charge in [-0.15, -0.1) is 0 Å². The molecule has 0 spiro atoms. The number of carbonyl (C=O) groups excluding carboxylic acids is 1. The van der Waals surface area contributed by atoms with Crippen molar-refractivity contribution in [3.05, 3.63) is 61.9 Å². The Balaban J connectivity index is 2.05. The monoisotopic (exact) mass is 472 g/mol. The van der Waals surface area contributed by atoms with E-state index in [1.807, 2.05) is 26.8 Å². The maximum Gasteiger partial charge on any atom is 0.330 e. The van der Waals surface area contributed by atoms with E-state index in [1.165, 1.54) is 9.47 Å². The van der Waals surface area contributed by atoms with Crippen LogP contribution in [-0.4, -0.2) is 32.2 Å². The molecule has 176 valence electrons. The molecular weight excluding hydrogens is 444 g/mol. The molecule has 0 atom stereocenters. The number of benzene rings is 1. The molecule has 3 rings (SSSR count). The highest BCUT2D eigenvalue weighted by Crippen LogP contribution is 2.24. The predicted octanol–water partition coefficient (Wildman–Crippen LogP) is 3.66. The van der Waals surface area contributed by atoms with Gasteiger partial charge in [0.15, 0.2) is 5.69 Å². The van der Waals surface area contributed by atoms with Gasteiger partial charge in [0, 0.05) is 23.7 Å². The van der Waals surface area contributed by atoms with Gasteiger partial charge in [-0.05, 0) is 37.0 Å². The summed E-state index contributed by atoms with van der Waals surface area (Å²) >= 11 is 6.07. The first-order valence-corrected chi connectivity index (χ1v) is 11.4. The van der Waals surface area contributed by atoms with Crippen molar-refractivity contribution in [3.8, 4) is 11.3 Å². The van der Waals surface area contributed by atoms with Crippen LogP contribution < -0.4 is 21.9 Å². The van der Waals surface area contributed by atoms with Crippen molar-refractivity contribution in [2.45, 2.75) is 46.6 Å². The summed E-state index contributed by atoms with van der Waals surface area (Å²) in [5.74, 6) is -0.214. The van der Waals surface area contributed by atoms with Gasteiger partial charge in [0.2, 0.25) is 0 Å². The highest BCUT2D eigenvalue weighted by atomic mass is 35.5. The van der Waals surface area contributed by atoms with Crippen LogP contribution in [0.5, 0.6) is 0 Å². The SMILES string of the molecule is CCCCn1c(N)c(N(CCC(C)C)C(=O)c2cc(-c3cccc(Cl)c3)n[nH]2)c(=O)[nH]c1=O. The second kappa shape index (κ2) is 10.5. The minimum Gasteiger partial charge on any atom is -0.383 e. The molecule has 0 fully saturated rings. The number of rotatable bonds is 9. The van der Waals surface area contributed by atoms with E-state index in [4.69, 9.17) is 17.3 Å². The van der Waals surface area contributed by atoms with Gasteiger partial charge >= 0.3 is 5.69 Å². The molecule has 3 aromatic rings. The van der Waals surface area contributed by atoms with Crippen LogP contribution in [0.25, 0.3) is 11.3 Å². The van der Waals surface area contributed by atoms with E-state index in [0.717, 1.165) is 12.0 Å². The molecule has 4 N–H and O–H groups in total. The standard InChI is InChI=1S/C23H29ClN6O3/c1-4-5-10-30-20(25)19(21(31)26-23(30)33)29(11-9-14(2)3)22(32)18-13-17(27-28-18)15-7-6-8-16(24)12-15/h6-8,12-14H,4-5,9-11,25H2,1-3H3,(H,27,28)(H,26,31,33).